The molecule has 0 heterocycles. The number of benzene rings is 2. The molecule has 2 aromatic carbocycles. The zero-order valence-corrected chi connectivity index (χ0v) is 12.0. The predicted molar refractivity (Wildman–Crippen MR) is 78.8 cm³/mol. The van der Waals surface area contributed by atoms with E-state index in [-0.39, 0.29) is 5.03 Å². The summed E-state index contributed by atoms with van der Waals surface area (Å²) in [6, 6.07) is 15.4. The first-order chi connectivity index (χ1) is 9.11. The van der Waals surface area contributed by atoms with Crippen LogP contribution < -0.4 is 0 Å². The summed E-state index contributed by atoms with van der Waals surface area (Å²) >= 11 is 9.42. The Labute approximate surface area is 124 Å². The summed E-state index contributed by atoms with van der Waals surface area (Å²) < 4.78 is 13.9. The maximum Gasteiger partial charge on any atom is 0.124 e. The molecule has 0 aromatic heterocycles. The van der Waals surface area contributed by atoms with E-state index in [1.165, 1.54) is 12.1 Å². The molecule has 2 rings (SSSR count). The van der Waals surface area contributed by atoms with Gasteiger partial charge in [0, 0.05) is 4.47 Å². The molecule has 0 unspecified atom stereocenters. The average Bonchev–Trinajstić information content (AvgIpc) is 2.39. The summed E-state index contributed by atoms with van der Waals surface area (Å²) in [7, 11) is 0. The molecule has 0 atom stereocenters. The van der Waals surface area contributed by atoms with E-state index < -0.39 is 5.82 Å². The Balaban J connectivity index is 2.59. The fourth-order valence-corrected chi connectivity index (χ4v) is 2.40. The second-order valence-corrected chi connectivity index (χ2v) is 5.12. The number of nitrogens with zero attached hydrogens (tertiary/aromatic N) is 1. The molecule has 0 aliphatic rings. The minimum atomic E-state index is -0.409. The number of hydrogen-bond donors (Lipinski definition) is 0. The van der Waals surface area contributed by atoms with Crippen LogP contribution in [0.2, 0.25) is 0 Å². The molecule has 0 aliphatic carbocycles. The van der Waals surface area contributed by atoms with Crippen LogP contribution in [-0.4, -0.2) is 0 Å². The van der Waals surface area contributed by atoms with Crippen LogP contribution in [0, 0.1) is 17.1 Å². The number of allylic oxidation sites excluding steroid dienone is 1. The van der Waals surface area contributed by atoms with E-state index in [4.69, 9.17) is 11.6 Å². The van der Waals surface area contributed by atoms with Gasteiger partial charge < -0.3 is 0 Å². The molecule has 0 aliphatic heterocycles. The van der Waals surface area contributed by atoms with Gasteiger partial charge in [0.2, 0.25) is 0 Å². The monoisotopic (exact) mass is 335 g/mol. The maximum atomic E-state index is 13.4. The lowest BCUT2D eigenvalue weighted by Gasteiger charge is -2.05. The van der Waals surface area contributed by atoms with Crippen molar-refractivity contribution in [3.05, 3.63) is 69.9 Å². The molecular formula is C15H8BrClFN. The highest BCUT2D eigenvalue weighted by Gasteiger charge is 2.10. The van der Waals surface area contributed by atoms with Crippen LogP contribution in [0.5, 0.6) is 0 Å². The summed E-state index contributed by atoms with van der Waals surface area (Å²) in [5, 5.41) is 9.48. The summed E-state index contributed by atoms with van der Waals surface area (Å²) in [6.07, 6.45) is 0. The van der Waals surface area contributed by atoms with Gasteiger partial charge in [-0.1, -0.05) is 57.9 Å². The average molecular weight is 337 g/mol. The van der Waals surface area contributed by atoms with Gasteiger partial charge in [-0.25, -0.2) is 4.39 Å². The van der Waals surface area contributed by atoms with Gasteiger partial charge in [0.15, 0.2) is 0 Å². The first kappa shape index (κ1) is 13.8. The summed E-state index contributed by atoms with van der Waals surface area (Å²) in [5.41, 5.74) is 1.49. The van der Waals surface area contributed by atoms with Crippen LogP contribution in [0.15, 0.2) is 53.0 Å². The molecule has 0 radical (unpaired) electrons. The van der Waals surface area contributed by atoms with Crippen molar-refractivity contribution < 1.29 is 4.39 Å². The Morgan fingerprint density at radius 2 is 1.79 bits per heavy atom. The van der Waals surface area contributed by atoms with Gasteiger partial charge in [-0.3, -0.25) is 0 Å². The predicted octanol–water partition coefficient (Wildman–Crippen LogP) is 5.22. The highest BCUT2D eigenvalue weighted by atomic mass is 79.9. The highest BCUT2D eigenvalue weighted by molar-refractivity contribution is 9.10. The third kappa shape index (κ3) is 3.23. The lowest BCUT2D eigenvalue weighted by atomic mass is 10.0. The molecule has 4 heteroatoms. The molecule has 94 valence electrons. The van der Waals surface area contributed by atoms with Gasteiger partial charge in [-0.2, -0.15) is 5.26 Å². The van der Waals surface area contributed by atoms with Crippen LogP contribution >= 0.6 is 27.5 Å². The zero-order valence-electron chi connectivity index (χ0n) is 9.70. The Hall–Kier alpha value is -1.63. The van der Waals surface area contributed by atoms with Crippen molar-refractivity contribution in [1.29, 1.82) is 5.26 Å². The molecule has 2 aromatic rings. The van der Waals surface area contributed by atoms with Crippen molar-refractivity contribution in [2.45, 2.75) is 0 Å². The number of nitriles is 1. The zero-order chi connectivity index (χ0) is 13.8. The first-order valence-corrected chi connectivity index (χ1v) is 6.60. The summed E-state index contributed by atoms with van der Waals surface area (Å²) in [6.45, 7) is 0. The van der Waals surface area contributed by atoms with E-state index in [1.54, 1.807) is 18.2 Å². The molecule has 0 spiro atoms. The first-order valence-electron chi connectivity index (χ1n) is 5.43. The fourth-order valence-electron chi connectivity index (χ4n) is 1.67. The highest BCUT2D eigenvalue weighted by Crippen LogP contribution is 2.31. The van der Waals surface area contributed by atoms with Gasteiger partial charge >= 0.3 is 0 Å². The Morgan fingerprint density at radius 1 is 1.11 bits per heavy atom. The van der Waals surface area contributed by atoms with Crippen molar-refractivity contribution in [2.24, 2.45) is 0 Å². The molecule has 0 saturated heterocycles. The van der Waals surface area contributed by atoms with Gasteiger partial charge in [0.05, 0.1) is 10.6 Å². The molecule has 1 nitrogen and oxygen atoms in total. The van der Waals surface area contributed by atoms with Gasteiger partial charge in [-0.15, -0.1) is 0 Å². The number of rotatable bonds is 2. The molecule has 0 N–H and O–H groups in total. The lowest BCUT2D eigenvalue weighted by Crippen LogP contribution is -1.87. The second kappa shape index (κ2) is 6.01. The van der Waals surface area contributed by atoms with Crippen molar-refractivity contribution in [3.63, 3.8) is 0 Å². The Bertz CT molecular complexity index is 654. The molecule has 0 saturated carbocycles. The summed E-state index contributed by atoms with van der Waals surface area (Å²) in [4.78, 5) is 0. The molecule has 0 amide bonds. The lowest BCUT2D eigenvalue weighted by molar-refractivity contribution is 0.626. The minimum absolute atomic E-state index is 0.230. The molecule has 19 heavy (non-hydrogen) atoms. The van der Waals surface area contributed by atoms with E-state index in [1.807, 2.05) is 18.2 Å². The Morgan fingerprint density at radius 3 is 2.37 bits per heavy atom. The van der Waals surface area contributed by atoms with Crippen molar-refractivity contribution in [3.8, 4) is 6.07 Å². The summed E-state index contributed by atoms with van der Waals surface area (Å²) in [5.74, 6) is -0.409. The van der Waals surface area contributed by atoms with Crippen LogP contribution in [0.3, 0.4) is 0 Å². The third-order valence-corrected chi connectivity index (χ3v) is 3.37. The number of halogens is 3. The van der Waals surface area contributed by atoms with Gasteiger partial charge in [-0.05, 0) is 29.3 Å². The SMILES string of the molecule is N#CC(=C(Cl)c1cc(F)cc(Br)c1)c1ccccc1. The molecular weight excluding hydrogens is 329 g/mol. The van der Waals surface area contributed by atoms with Crippen LogP contribution in [0.25, 0.3) is 10.6 Å². The molecule has 0 fully saturated rings. The van der Waals surface area contributed by atoms with E-state index in [0.29, 0.717) is 21.2 Å². The second-order valence-electron chi connectivity index (χ2n) is 3.82. The van der Waals surface area contributed by atoms with Crippen molar-refractivity contribution in [2.75, 3.05) is 0 Å². The molecule has 0 bridgehead atoms. The smallest absolute Gasteiger partial charge is 0.124 e. The quantitative estimate of drug-likeness (QED) is 0.545. The largest absolute Gasteiger partial charge is 0.207 e. The van der Waals surface area contributed by atoms with Gasteiger partial charge in [0.1, 0.15) is 11.9 Å². The van der Waals surface area contributed by atoms with Crippen LogP contribution in [0.4, 0.5) is 4.39 Å². The third-order valence-electron chi connectivity index (χ3n) is 2.51. The minimum Gasteiger partial charge on any atom is -0.207 e. The van der Waals surface area contributed by atoms with Crippen molar-refractivity contribution >= 4 is 38.1 Å². The van der Waals surface area contributed by atoms with Crippen LogP contribution in [0.1, 0.15) is 11.1 Å². The Kier molecular flexibility index (Phi) is 4.36. The van der Waals surface area contributed by atoms with E-state index in [2.05, 4.69) is 22.0 Å². The topological polar surface area (TPSA) is 23.8 Å². The van der Waals surface area contributed by atoms with E-state index >= 15 is 0 Å². The van der Waals surface area contributed by atoms with Crippen molar-refractivity contribution in [1.82, 2.24) is 0 Å². The fraction of sp³-hybridized carbons (Fsp3) is 0. The maximum absolute atomic E-state index is 13.4. The van der Waals surface area contributed by atoms with Crippen LogP contribution in [-0.2, 0) is 0 Å². The van der Waals surface area contributed by atoms with Gasteiger partial charge in [0.25, 0.3) is 0 Å². The standard InChI is InChI=1S/C15H8BrClFN/c16-12-6-11(7-13(18)8-12)15(17)14(9-19)10-4-2-1-3-5-10/h1-8H. The van der Waals surface area contributed by atoms with E-state index in [0.717, 1.165) is 0 Å². The normalized spacial score (nSPS) is 11.7. The number of hydrogen-bond acceptors (Lipinski definition) is 1. The van der Waals surface area contributed by atoms with E-state index in [9.17, 15) is 9.65 Å².